The molecule has 0 aromatic carbocycles. The van der Waals surface area contributed by atoms with Crippen LogP contribution < -0.4 is 0 Å². The summed E-state index contributed by atoms with van der Waals surface area (Å²) in [5.41, 5.74) is -6.58. The highest BCUT2D eigenvalue weighted by Gasteiger charge is 2.80. The van der Waals surface area contributed by atoms with Crippen molar-refractivity contribution in [1.82, 2.24) is 0 Å². The van der Waals surface area contributed by atoms with Crippen LogP contribution in [-0.4, -0.2) is 85.9 Å². The minimum Gasteiger partial charge on any atom is -0.480 e. The van der Waals surface area contributed by atoms with Crippen LogP contribution in [-0.2, 0) is 23.9 Å². The van der Waals surface area contributed by atoms with E-state index in [4.69, 9.17) is 9.47 Å². The number of fused-ring (bicyclic) bond motifs is 7. The highest BCUT2D eigenvalue weighted by atomic mass is 32.2. The van der Waals surface area contributed by atoms with Crippen LogP contribution in [0.1, 0.15) is 53.4 Å². The van der Waals surface area contributed by atoms with E-state index in [-0.39, 0.29) is 43.6 Å². The molecule has 0 radical (unpaired) electrons. The van der Waals surface area contributed by atoms with Gasteiger partial charge in [0, 0.05) is 23.4 Å². The fourth-order valence-electron chi connectivity index (χ4n) is 8.48. The molecular weight excluding hydrogens is 534 g/mol. The largest absolute Gasteiger partial charge is 0.480 e. The van der Waals surface area contributed by atoms with Gasteiger partial charge in [0.2, 0.25) is 0 Å². The number of alkyl halides is 2. The minimum atomic E-state index is -2.30. The smallest absolute Gasteiger partial charge is 0.316 e. The summed E-state index contributed by atoms with van der Waals surface area (Å²) in [5, 5.41) is 29.3. The Hall–Kier alpha value is -1.66. The second kappa shape index (κ2) is 9.17. The molecule has 5 rings (SSSR count). The maximum atomic E-state index is 17.4. The number of hydrogen-bond donors (Lipinski definition) is 3. The van der Waals surface area contributed by atoms with Gasteiger partial charge in [-0.2, -0.15) is 0 Å². The Morgan fingerprint density at radius 3 is 2.54 bits per heavy atom. The molecule has 1 heterocycles. The number of rotatable bonds is 7. The molecule has 1 saturated heterocycles. The molecule has 5 aliphatic rings. The van der Waals surface area contributed by atoms with Crippen LogP contribution in [0.3, 0.4) is 0 Å². The van der Waals surface area contributed by atoms with Gasteiger partial charge in [0.1, 0.15) is 11.4 Å². The van der Waals surface area contributed by atoms with Gasteiger partial charge in [-0.05, 0) is 70.1 Å². The first-order chi connectivity index (χ1) is 18.1. The van der Waals surface area contributed by atoms with E-state index in [0.29, 0.717) is 0 Å². The van der Waals surface area contributed by atoms with E-state index in [0.717, 1.165) is 17.8 Å². The number of carboxylic acid groups (broad SMARTS) is 1. The van der Waals surface area contributed by atoms with E-state index >= 15 is 8.78 Å². The lowest BCUT2D eigenvalue weighted by molar-refractivity contribution is -0.247. The normalized spacial score (nSPS) is 46.5. The zero-order chi connectivity index (χ0) is 28.8. The van der Waals surface area contributed by atoms with Crippen LogP contribution in [0, 0.1) is 22.7 Å². The molecule has 0 bridgehead atoms. The third kappa shape index (κ3) is 3.79. The standard InChI is InChI=1S/C28H36F2O8S/c1-24(2)37-22-11-15-16-10-18(29)17-9-14(32)5-7-25(17,3)27(16,30)20(33)12-26(15,4)28(22,38-24)21(34)13-39-19(6-8-31)23(35)36/h5,7,9,15-16,18-20,22,31,33H,6,8,10-13H2,1-4H3,(H,35,36)/t15-,16-,18-,19+,20-,22+,25-,26-,27-,28+/m0/s1. The van der Waals surface area contributed by atoms with Crippen LogP contribution in [0.25, 0.3) is 0 Å². The minimum absolute atomic E-state index is 0.0222. The van der Waals surface area contributed by atoms with E-state index in [1.807, 2.05) is 0 Å². The van der Waals surface area contributed by atoms with Crippen molar-refractivity contribution in [3.8, 4) is 0 Å². The van der Waals surface area contributed by atoms with Crippen LogP contribution in [0.5, 0.6) is 0 Å². The van der Waals surface area contributed by atoms with E-state index in [9.17, 15) is 29.7 Å². The van der Waals surface area contributed by atoms with Crippen molar-refractivity contribution in [2.24, 2.45) is 22.7 Å². The monoisotopic (exact) mass is 570 g/mol. The topological polar surface area (TPSA) is 130 Å². The molecule has 39 heavy (non-hydrogen) atoms. The number of aliphatic hydroxyl groups excluding tert-OH is 2. The van der Waals surface area contributed by atoms with Gasteiger partial charge >= 0.3 is 5.97 Å². The number of allylic oxidation sites excluding steroid dienone is 4. The van der Waals surface area contributed by atoms with Crippen molar-refractivity contribution in [3.63, 3.8) is 0 Å². The first-order valence-corrected chi connectivity index (χ1v) is 14.4. The average Bonchev–Trinajstić information content (AvgIpc) is 3.25. The van der Waals surface area contributed by atoms with Gasteiger partial charge < -0.3 is 24.8 Å². The Bertz CT molecular complexity index is 1160. The Balaban J connectivity index is 1.55. The van der Waals surface area contributed by atoms with Crippen molar-refractivity contribution < 1.29 is 48.0 Å². The number of ketones is 2. The molecule has 0 aromatic rings. The summed E-state index contributed by atoms with van der Waals surface area (Å²) in [4.78, 5) is 37.8. The summed E-state index contributed by atoms with van der Waals surface area (Å²) >= 11 is 0.879. The second-order valence-electron chi connectivity index (χ2n) is 12.5. The lowest BCUT2D eigenvalue weighted by Gasteiger charge is -2.63. The van der Waals surface area contributed by atoms with E-state index in [2.05, 4.69) is 0 Å². The molecule has 0 unspecified atom stereocenters. The SMILES string of the molecule is CC1(C)O[C@@H]2C[C@H]3[C@@H]4C[C@H](F)C5=CC(=O)C=C[C@]5(C)[C@@]4(F)[C@@H](O)C[C@]3(C)[C@]2(C(=O)CS[C@H](CCO)C(=O)O)O1. The second-order valence-corrected chi connectivity index (χ2v) is 13.7. The number of aliphatic hydroxyl groups is 2. The first kappa shape index (κ1) is 28.9. The van der Waals surface area contributed by atoms with Crippen LogP contribution >= 0.6 is 11.8 Å². The van der Waals surface area contributed by atoms with Crippen LogP contribution in [0.2, 0.25) is 0 Å². The number of thioether (sulfide) groups is 1. The number of carbonyl (C=O) groups excluding carboxylic acids is 2. The molecule has 10 atom stereocenters. The zero-order valence-corrected chi connectivity index (χ0v) is 23.3. The van der Waals surface area contributed by atoms with E-state index < -0.39 is 80.9 Å². The fourth-order valence-corrected chi connectivity index (χ4v) is 9.46. The summed E-state index contributed by atoms with van der Waals surface area (Å²) in [5.74, 6) is -5.04. The first-order valence-electron chi connectivity index (χ1n) is 13.4. The summed E-state index contributed by atoms with van der Waals surface area (Å²) in [6.45, 7) is 6.25. The van der Waals surface area contributed by atoms with E-state index in [1.165, 1.54) is 19.1 Å². The molecule has 1 aliphatic heterocycles. The predicted molar refractivity (Wildman–Crippen MR) is 137 cm³/mol. The van der Waals surface area contributed by atoms with Crippen molar-refractivity contribution in [2.45, 2.75) is 94.1 Å². The summed E-state index contributed by atoms with van der Waals surface area (Å²) in [6, 6.07) is 0. The maximum Gasteiger partial charge on any atom is 0.316 e. The summed E-state index contributed by atoms with van der Waals surface area (Å²) < 4.78 is 45.7. The molecule has 3 N–H and O–H groups in total. The Morgan fingerprint density at radius 2 is 1.90 bits per heavy atom. The lowest BCUT2D eigenvalue weighted by Crippen LogP contribution is -2.71. The molecular formula is C28H36F2O8S. The highest BCUT2D eigenvalue weighted by Crippen LogP contribution is 2.72. The predicted octanol–water partition coefficient (Wildman–Crippen LogP) is 2.94. The molecule has 0 amide bonds. The summed E-state index contributed by atoms with van der Waals surface area (Å²) in [6.07, 6.45) is -0.580. The molecule has 8 nitrogen and oxygen atoms in total. The number of ether oxygens (including phenoxy) is 2. The molecule has 4 aliphatic carbocycles. The molecule has 0 spiro atoms. The van der Waals surface area contributed by atoms with Crippen molar-refractivity contribution in [2.75, 3.05) is 12.4 Å². The number of carboxylic acids is 1. The average molecular weight is 571 g/mol. The third-order valence-corrected chi connectivity index (χ3v) is 11.4. The zero-order valence-electron chi connectivity index (χ0n) is 22.5. The Labute approximate surface area is 230 Å². The third-order valence-electron chi connectivity index (χ3n) is 10.1. The van der Waals surface area contributed by atoms with Gasteiger partial charge in [0.15, 0.2) is 28.6 Å². The van der Waals surface area contributed by atoms with Gasteiger partial charge in [0.05, 0.1) is 18.0 Å². The van der Waals surface area contributed by atoms with Gasteiger partial charge in [0.25, 0.3) is 0 Å². The van der Waals surface area contributed by atoms with Gasteiger partial charge in [-0.3, -0.25) is 14.4 Å². The van der Waals surface area contributed by atoms with Crippen molar-refractivity contribution >= 4 is 29.3 Å². The summed E-state index contributed by atoms with van der Waals surface area (Å²) in [7, 11) is 0. The van der Waals surface area contributed by atoms with Crippen LogP contribution in [0.15, 0.2) is 23.8 Å². The number of Topliss-reactive ketones (excluding diaryl/α,β-unsaturated/α-hetero) is 1. The number of carbonyl (C=O) groups is 3. The maximum absolute atomic E-state index is 17.4. The van der Waals surface area contributed by atoms with Crippen LogP contribution in [0.4, 0.5) is 8.78 Å². The van der Waals surface area contributed by atoms with Gasteiger partial charge in [-0.1, -0.05) is 13.0 Å². The molecule has 0 aromatic heterocycles. The number of aliphatic carboxylic acids is 1. The molecule has 4 fully saturated rings. The van der Waals surface area contributed by atoms with Crippen molar-refractivity contribution in [3.05, 3.63) is 23.8 Å². The van der Waals surface area contributed by atoms with Gasteiger partial charge in [-0.15, -0.1) is 11.8 Å². The molecule has 11 heteroatoms. The fraction of sp³-hybridized carbons (Fsp3) is 0.750. The lowest BCUT2D eigenvalue weighted by atomic mass is 9.44. The Kier molecular flexibility index (Phi) is 6.79. The number of hydrogen-bond acceptors (Lipinski definition) is 8. The highest BCUT2D eigenvalue weighted by molar-refractivity contribution is 8.01. The van der Waals surface area contributed by atoms with E-state index in [1.54, 1.807) is 20.8 Å². The molecule has 216 valence electrons. The van der Waals surface area contributed by atoms with Crippen molar-refractivity contribution in [1.29, 1.82) is 0 Å². The number of halogens is 2. The quantitative estimate of drug-likeness (QED) is 0.423. The van der Waals surface area contributed by atoms with Gasteiger partial charge in [-0.25, -0.2) is 8.78 Å². The Morgan fingerprint density at radius 1 is 1.21 bits per heavy atom. The molecule has 3 saturated carbocycles.